The van der Waals surface area contributed by atoms with Gasteiger partial charge in [0, 0.05) is 22.2 Å². The van der Waals surface area contributed by atoms with Crippen LogP contribution in [0.1, 0.15) is 0 Å². The molecule has 0 fully saturated rings. The van der Waals surface area contributed by atoms with Gasteiger partial charge in [0.25, 0.3) is 5.69 Å². The molecule has 8 heteroatoms. The summed E-state index contributed by atoms with van der Waals surface area (Å²) < 4.78 is 0. The number of halogens is 3. The molecule has 0 bridgehead atoms. The quantitative estimate of drug-likeness (QED) is 0.511. The maximum Gasteiger partial charge on any atom is 0.288 e. The van der Waals surface area contributed by atoms with Crippen molar-refractivity contribution in [2.24, 2.45) is 0 Å². The standard InChI is InChI=1S/C11H6Cl3N3O2/c12-5-1-7(10(14)9(13)2-5)8-3-6(17(18)19)4-16-11(8)15/h1-4H,(H2,15,16). The maximum absolute atomic E-state index is 10.8. The van der Waals surface area contributed by atoms with Gasteiger partial charge in [-0.1, -0.05) is 34.8 Å². The summed E-state index contributed by atoms with van der Waals surface area (Å²) >= 11 is 17.9. The molecule has 0 atom stereocenters. The molecule has 1 aromatic heterocycles. The van der Waals surface area contributed by atoms with Crippen molar-refractivity contribution in [3.05, 3.63) is 49.6 Å². The SMILES string of the molecule is Nc1ncc([N+](=O)[O-])cc1-c1cc(Cl)cc(Cl)c1Cl. The molecule has 0 radical (unpaired) electrons. The van der Waals surface area contributed by atoms with Gasteiger partial charge >= 0.3 is 0 Å². The summed E-state index contributed by atoms with van der Waals surface area (Å²) in [6, 6.07) is 4.26. The van der Waals surface area contributed by atoms with E-state index in [4.69, 9.17) is 40.5 Å². The van der Waals surface area contributed by atoms with Crippen LogP contribution in [0.4, 0.5) is 11.5 Å². The highest BCUT2D eigenvalue weighted by Gasteiger charge is 2.16. The van der Waals surface area contributed by atoms with Crippen LogP contribution in [0.3, 0.4) is 0 Å². The van der Waals surface area contributed by atoms with Crippen LogP contribution >= 0.6 is 34.8 Å². The Morgan fingerprint density at radius 3 is 2.47 bits per heavy atom. The average Bonchev–Trinajstić information content (AvgIpc) is 2.34. The number of hydrogen-bond donors (Lipinski definition) is 1. The number of nitro groups is 1. The van der Waals surface area contributed by atoms with Gasteiger partial charge < -0.3 is 5.73 Å². The Balaban J connectivity index is 2.71. The minimum absolute atomic E-state index is 0.103. The molecule has 0 spiro atoms. The van der Waals surface area contributed by atoms with E-state index in [0.29, 0.717) is 16.1 Å². The predicted molar refractivity (Wildman–Crippen MR) is 75.8 cm³/mol. The van der Waals surface area contributed by atoms with Crippen molar-refractivity contribution >= 4 is 46.3 Å². The topological polar surface area (TPSA) is 82.0 Å². The minimum atomic E-state index is -0.573. The van der Waals surface area contributed by atoms with Crippen LogP contribution in [-0.2, 0) is 0 Å². The lowest BCUT2D eigenvalue weighted by Crippen LogP contribution is -1.97. The molecule has 2 aromatic rings. The Morgan fingerprint density at radius 1 is 1.16 bits per heavy atom. The Hall–Kier alpha value is -1.56. The Morgan fingerprint density at radius 2 is 1.84 bits per heavy atom. The van der Waals surface area contributed by atoms with Crippen LogP contribution in [0.25, 0.3) is 11.1 Å². The molecule has 1 heterocycles. The summed E-state index contributed by atoms with van der Waals surface area (Å²) in [6.45, 7) is 0. The van der Waals surface area contributed by atoms with Gasteiger partial charge in [0.2, 0.25) is 0 Å². The van der Waals surface area contributed by atoms with Gasteiger partial charge in [0.1, 0.15) is 12.0 Å². The fraction of sp³-hybridized carbons (Fsp3) is 0. The Bertz CT molecular complexity index is 676. The van der Waals surface area contributed by atoms with Gasteiger partial charge in [-0.3, -0.25) is 10.1 Å². The van der Waals surface area contributed by atoms with Crippen LogP contribution in [0.15, 0.2) is 24.4 Å². The molecular weight excluding hydrogens is 312 g/mol. The fourth-order valence-electron chi connectivity index (χ4n) is 1.53. The number of rotatable bonds is 2. The number of aromatic nitrogens is 1. The van der Waals surface area contributed by atoms with Crippen molar-refractivity contribution in [1.29, 1.82) is 0 Å². The molecule has 5 nitrogen and oxygen atoms in total. The van der Waals surface area contributed by atoms with E-state index in [2.05, 4.69) is 4.98 Å². The average molecular weight is 319 g/mol. The van der Waals surface area contributed by atoms with Crippen LogP contribution < -0.4 is 5.73 Å². The van der Waals surface area contributed by atoms with E-state index < -0.39 is 4.92 Å². The summed E-state index contributed by atoms with van der Waals surface area (Å²) in [5.74, 6) is 0.103. The molecule has 2 N–H and O–H groups in total. The largest absolute Gasteiger partial charge is 0.383 e. The van der Waals surface area contributed by atoms with E-state index in [0.717, 1.165) is 6.20 Å². The predicted octanol–water partition coefficient (Wildman–Crippen LogP) is 4.20. The number of nitrogens with zero attached hydrogens (tertiary/aromatic N) is 2. The molecule has 0 saturated carbocycles. The second-order valence-corrected chi connectivity index (χ2v) is 4.85. The number of nitrogens with two attached hydrogens (primary N) is 1. The van der Waals surface area contributed by atoms with Crippen molar-refractivity contribution < 1.29 is 4.92 Å². The number of nitrogen functional groups attached to an aromatic ring is 1. The summed E-state index contributed by atoms with van der Waals surface area (Å²) in [4.78, 5) is 13.9. The molecule has 0 aliphatic rings. The van der Waals surface area contributed by atoms with Crippen molar-refractivity contribution in [3.63, 3.8) is 0 Å². The minimum Gasteiger partial charge on any atom is -0.383 e. The summed E-state index contributed by atoms with van der Waals surface area (Å²) in [5.41, 5.74) is 6.22. The van der Waals surface area contributed by atoms with Gasteiger partial charge in [0.05, 0.1) is 15.0 Å². The third kappa shape index (κ3) is 2.73. The summed E-state index contributed by atoms with van der Waals surface area (Å²) in [7, 11) is 0. The molecule has 0 amide bonds. The number of benzene rings is 1. The summed E-state index contributed by atoms with van der Waals surface area (Å²) in [5, 5.41) is 11.5. The highest BCUT2D eigenvalue weighted by atomic mass is 35.5. The lowest BCUT2D eigenvalue weighted by Gasteiger charge is -2.09. The lowest BCUT2D eigenvalue weighted by atomic mass is 10.1. The Kier molecular flexibility index (Phi) is 3.80. The van der Waals surface area contributed by atoms with Crippen LogP contribution in [0.2, 0.25) is 15.1 Å². The van der Waals surface area contributed by atoms with E-state index in [1.165, 1.54) is 18.2 Å². The van der Waals surface area contributed by atoms with Crippen molar-refractivity contribution in [2.75, 3.05) is 5.73 Å². The van der Waals surface area contributed by atoms with Gasteiger partial charge in [-0.05, 0) is 12.1 Å². The van der Waals surface area contributed by atoms with Gasteiger partial charge in [-0.2, -0.15) is 0 Å². The first kappa shape index (κ1) is 13.9. The molecule has 98 valence electrons. The maximum atomic E-state index is 10.8. The van der Waals surface area contributed by atoms with Crippen molar-refractivity contribution in [3.8, 4) is 11.1 Å². The summed E-state index contributed by atoms with van der Waals surface area (Å²) in [6.07, 6.45) is 1.07. The van der Waals surface area contributed by atoms with Crippen molar-refractivity contribution in [2.45, 2.75) is 0 Å². The number of pyridine rings is 1. The van der Waals surface area contributed by atoms with Crippen LogP contribution in [-0.4, -0.2) is 9.91 Å². The first-order valence-corrected chi connectivity index (χ1v) is 6.08. The number of hydrogen-bond acceptors (Lipinski definition) is 4. The fourth-order valence-corrected chi connectivity index (χ4v) is 2.24. The monoisotopic (exact) mass is 317 g/mol. The highest BCUT2D eigenvalue weighted by Crippen LogP contribution is 2.39. The van der Waals surface area contributed by atoms with Crippen LogP contribution in [0, 0.1) is 10.1 Å². The zero-order valence-electron chi connectivity index (χ0n) is 9.23. The molecular formula is C11H6Cl3N3O2. The molecule has 0 saturated heterocycles. The zero-order chi connectivity index (χ0) is 14.2. The van der Waals surface area contributed by atoms with E-state index in [1.54, 1.807) is 0 Å². The molecule has 0 aliphatic carbocycles. The second-order valence-electron chi connectivity index (χ2n) is 3.63. The van der Waals surface area contributed by atoms with E-state index in [-0.39, 0.29) is 21.6 Å². The zero-order valence-corrected chi connectivity index (χ0v) is 11.5. The van der Waals surface area contributed by atoms with Gasteiger partial charge in [-0.25, -0.2) is 4.98 Å². The second kappa shape index (κ2) is 5.21. The van der Waals surface area contributed by atoms with Gasteiger partial charge in [-0.15, -0.1) is 0 Å². The smallest absolute Gasteiger partial charge is 0.288 e. The van der Waals surface area contributed by atoms with E-state index >= 15 is 0 Å². The molecule has 0 aliphatic heterocycles. The molecule has 0 unspecified atom stereocenters. The first-order valence-electron chi connectivity index (χ1n) is 4.95. The van der Waals surface area contributed by atoms with E-state index in [9.17, 15) is 10.1 Å². The normalized spacial score (nSPS) is 10.5. The van der Waals surface area contributed by atoms with Crippen LogP contribution in [0.5, 0.6) is 0 Å². The number of anilines is 1. The lowest BCUT2D eigenvalue weighted by molar-refractivity contribution is -0.385. The van der Waals surface area contributed by atoms with Crippen molar-refractivity contribution in [1.82, 2.24) is 4.98 Å². The third-order valence-electron chi connectivity index (χ3n) is 2.40. The van der Waals surface area contributed by atoms with Gasteiger partial charge in [0.15, 0.2) is 0 Å². The Labute approximate surface area is 123 Å². The third-order valence-corrected chi connectivity index (χ3v) is 3.42. The molecule has 19 heavy (non-hydrogen) atoms. The van der Waals surface area contributed by atoms with E-state index in [1.807, 2.05) is 0 Å². The first-order chi connectivity index (χ1) is 8.90. The molecule has 2 rings (SSSR count). The highest BCUT2D eigenvalue weighted by molar-refractivity contribution is 6.45. The molecule has 1 aromatic carbocycles.